The lowest BCUT2D eigenvalue weighted by Gasteiger charge is -2.42. The van der Waals surface area contributed by atoms with E-state index in [2.05, 4.69) is 6.92 Å². The van der Waals surface area contributed by atoms with E-state index in [4.69, 9.17) is 9.15 Å². The molecule has 0 aliphatic carbocycles. The van der Waals surface area contributed by atoms with Gasteiger partial charge in [0.25, 0.3) is 0 Å². The van der Waals surface area contributed by atoms with Crippen molar-refractivity contribution in [3.8, 4) is 0 Å². The minimum Gasteiger partial charge on any atom is -0.466 e. The highest BCUT2D eigenvalue weighted by Crippen LogP contribution is 2.40. The van der Waals surface area contributed by atoms with Crippen molar-refractivity contribution in [2.24, 2.45) is 0 Å². The monoisotopic (exact) mass is 210 g/mol. The summed E-state index contributed by atoms with van der Waals surface area (Å²) >= 11 is 0. The summed E-state index contributed by atoms with van der Waals surface area (Å²) in [7, 11) is 0. The van der Waals surface area contributed by atoms with Crippen LogP contribution in [-0.2, 0) is 10.3 Å². The van der Waals surface area contributed by atoms with Crippen LogP contribution >= 0.6 is 0 Å². The molecule has 0 spiro atoms. The number of ether oxygens (including phenoxy) is 1. The summed E-state index contributed by atoms with van der Waals surface area (Å²) in [5.74, 6) is 0.658. The second-order valence-electron chi connectivity index (χ2n) is 4.59. The Kier molecular flexibility index (Phi) is 2.61. The van der Waals surface area contributed by atoms with Crippen LogP contribution in [0, 0.1) is 0 Å². The summed E-state index contributed by atoms with van der Waals surface area (Å²) in [6.07, 6.45) is 3.71. The Morgan fingerprint density at radius 1 is 1.53 bits per heavy atom. The lowest BCUT2D eigenvalue weighted by molar-refractivity contribution is -0.164. The molecule has 2 heterocycles. The average molecular weight is 210 g/mol. The summed E-state index contributed by atoms with van der Waals surface area (Å²) in [5, 5.41) is 10.5. The molecule has 0 aromatic carbocycles. The summed E-state index contributed by atoms with van der Waals surface area (Å²) in [6.45, 7) is 4.70. The predicted octanol–water partition coefficient (Wildman–Crippen LogP) is 2.45. The van der Waals surface area contributed by atoms with Gasteiger partial charge in [0.1, 0.15) is 11.4 Å². The molecule has 1 aliphatic heterocycles. The van der Waals surface area contributed by atoms with Crippen molar-refractivity contribution in [1.82, 2.24) is 0 Å². The molecule has 2 rings (SSSR count). The molecule has 1 aromatic rings. The fourth-order valence-electron chi connectivity index (χ4n) is 2.21. The number of rotatable bonds is 2. The Morgan fingerprint density at radius 3 is 2.93 bits per heavy atom. The maximum atomic E-state index is 10.5. The molecule has 2 unspecified atom stereocenters. The molecular formula is C12H18O3. The van der Waals surface area contributed by atoms with Crippen LogP contribution in [0.4, 0.5) is 0 Å². The Morgan fingerprint density at radius 2 is 2.33 bits per heavy atom. The molecule has 84 valence electrons. The standard InChI is InChI=1S/C12H18O3/c1-3-11(2)9-12(13,6-8-15-11)10-5-4-7-14-10/h4-5,7,13H,3,6,8-9H2,1-2H3. The molecular weight excluding hydrogens is 192 g/mol. The van der Waals surface area contributed by atoms with Crippen molar-refractivity contribution in [1.29, 1.82) is 0 Å². The van der Waals surface area contributed by atoms with E-state index in [0.29, 0.717) is 25.2 Å². The Labute approximate surface area is 90.0 Å². The number of hydrogen-bond acceptors (Lipinski definition) is 3. The van der Waals surface area contributed by atoms with Crippen LogP contribution in [0.2, 0.25) is 0 Å². The average Bonchev–Trinajstić information content (AvgIpc) is 2.71. The van der Waals surface area contributed by atoms with Gasteiger partial charge >= 0.3 is 0 Å². The Bertz CT molecular complexity index is 320. The zero-order valence-corrected chi connectivity index (χ0v) is 9.32. The molecule has 0 bridgehead atoms. The number of aliphatic hydroxyl groups is 1. The van der Waals surface area contributed by atoms with E-state index in [1.54, 1.807) is 6.26 Å². The van der Waals surface area contributed by atoms with Gasteiger partial charge in [-0.1, -0.05) is 6.92 Å². The van der Waals surface area contributed by atoms with Crippen LogP contribution in [0.3, 0.4) is 0 Å². The molecule has 1 N–H and O–H groups in total. The fourth-order valence-corrected chi connectivity index (χ4v) is 2.21. The van der Waals surface area contributed by atoms with Crippen LogP contribution in [-0.4, -0.2) is 17.3 Å². The zero-order chi connectivity index (χ0) is 10.9. The van der Waals surface area contributed by atoms with Gasteiger partial charge in [0.2, 0.25) is 0 Å². The van der Waals surface area contributed by atoms with E-state index in [1.165, 1.54) is 0 Å². The van der Waals surface area contributed by atoms with Crippen molar-refractivity contribution >= 4 is 0 Å². The molecule has 0 saturated carbocycles. The maximum absolute atomic E-state index is 10.5. The molecule has 3 nitrogen and oxygen atoms in total. The lowest BCUT2D eigenvalue weighted by Crippen LogP contribution is -2.45. The van der Waals surface area contributed by atoms with Crippen molar-refractivity contribution in [3.63, 3.8) is 0 Å². The second kappa shape index (κ2) is 3.65. The zero-order valence-electron chi connectivity index (χ0n) is 9.32. The summed E-state index contributed by atoms with van der Waals surface area (Å²) < 4.78 is 11.0. The lowest BCUT2D eigenvalue weighted by atomic mass is 9.80. The van der Waals surface area contributed by atoms with E-state index in [9.17, 15) is 5.11 Å². The molecule has 1 fully saturated rings. The van der Waals surface area contributed by atoms with Gasteiger partial charge < -0.3 is 14.3 Å². The van der Waals surface area contributed by atoms with Gasteiger partial charge in [0, 0.05) is 12.8 Å². The van der Waals surface area contributed by atoms with Crippen LogP contribution in [0.1, 0.15) is 38.9 Å². The highest BCUT2D eigenvalue weighted by molar-refractivity contribution is 5.12. The third kappa shape index (κ3) is 1.94. The fraction of sp³-hybridized carbons (Fsp3) is 0.667. The summed E-state index contributed by atoms with van der Waals surface area (Å²) in [6, 6.07) is 3.65. The molecule has 1 aliphatic rings. The van der Waals surface area contributed by atoms with Crippen molar-refractivity contribution in [2.75, 3.05) is 6.61 Å². The van der Waals surface area contributed by atoms with E-state index in [1.807, 2.05) is 19.1 Å². The molecule has 1 aromatic heterocycles. The largest absolute Gasteiger partial charge is 0.466 e. The molecule has 0 radical (unpaired) electrons. The van der Waals surface area contributed by atoms with E-state index in [0.717, 1.165) is 6.42 Å². The van der Waals surface area contributed by atoms with E-state index in [-0.39, 0.29) is 5.60 Å². The molecule has 3 heteroatoms. The summed E-state index contributed by atoms with van der Waals surface area (Å²) in [4.78, 5) is 0. The first-order valence-corrected chi connectivity index (χ1v) is 5.48. The normalized spacial score (nSPS) is 36.7. The van der Waals surface area contributed by atoms with Gasteiger partial charge in [0.05, 0.1) is 18.5 Å². The maximum Gasteiger partial charge on any atom is 0.135 e. The SMILES string of the molecule is CCC1(C)CC(O)(c2ccco2)CCO1. The molecule has 2 atom stereocenters. The summed E-state index contributed by atoms with van der Waals surface area (Å²) in [5.41, 5.74) is -1.09. The van der Waals surface area contributed by atoms with E-state index < -0.39 is 5.60 Å². The van der Waals surface area contributed by atoms with Crippen molar-refractivity contribution < 1.29 is 14.3 Å². The highest BCUT2D eigenvalue weighted by atomic mass is 16.5. The van der Waals surface area contributed by atoms with Gasteiger partial charge in [-0.15, -0.1) is 0 Å². The highest BCUT2D eigenvalue weighted by Gasteiger charge is 2.43. The van der Waals surface area contributed by atoms with Gasteiger partial charge in [-0.3, -0.25) is 0 Å². The van der Waals surface area contributed by atoms with Gasteiger partial charge in [-0.25, -0.2) is 0 Å². The van der Waals surface area contributed by atoms with Crippen LogP contribution in [0.15, 0.2) is 22.8 Å². The first kappa shape index (κ1) is 10.7. The third-order valence-electron chi connectivity index (χ3n) is 3.36. The Balaban J connectivity index is 2.22. The third-order valence-corrected chi connectivity index (χ3v) is 3.36. The topological polar surface area (TPSA) is 42.6 Å². The van der Waals surface area contributed by atoms with Crippen LogP contribution in [0.5, 0.6) is 0 Å². The van der Waals surface area contributed by atoms with Gasteiger partial charge in [0.15, 0.2) is 0 Å². The van der Waals surface area contributed by atoms with Gasteiger partial charge in [-0.2, -0.15) is 0 Å². The van der Waals surface area contributed by atoms with E-state index >= 15 is 0 Å². The second-order valence-corrected chi connectivity index (χ2v) is 4.59. The molecule has 1 saturated heterocycles. The number of hydrogen-bond donors (Lipinski definition) is 1. The first-order chi connectivity index (χ1) is 7.08. The Hall–Kier alpha value is -0.800. The van der Waals surface area contributed by atoms with Crippen molar-refractivity contribution in [2.45, 2.75) is 44.3 Å². The predicted molar refractivity (Wildman–Crippen MR) is 56.5 cm³/mol. The van der Waals surface area contributed by atoms with Crippen LogP contribution < -0.4 is 0 Å². The first-order valence-electron chi connectivity index (χ1n) is 5.48. The van der Waals surface area contributed by atoms with Crippen LogP contribution in [0.25, 0.3) is 0 Å². The minimum absolute atomic E-state index is 0.236. The van der Waals surface area contributed by atoms with Gasteiger partial charge in [-0.05, 0) is 25.5 Å². The molecule has 0 amide bonds. The smallest absolute Gasteiger partial charge is 0.135 e. The molecule has 15 heavy (non-hydrogen) atoms. The quantitative estimate of drug-likeness (QED) is 0.815. The van der Waals surface area contributed by atoms with Crippen molar-refractivity contribution in [3.05, 3.63) is 24.2 Å². The number of furan rings is 1. The minimum atomic E-state index is -0.855.